The monoisotopic (exact) mass is 274 g/mol. The van der Waals surface area contributed by atoms with Gasteiger partial charge in [-0.05, 0) is 56.3 Å². The average molecular weight is 274 g/mol. The zero-order chi connectivity index (χ0) is 14.0. The molecule has 1 heterocycles. The van der Waals surface area contributed by atoms with Gasteiger partial charge in [0.15, 0.2) is 0 Å². The molecule has 0 aromatic heterocycles. The lowest BCUT2D eigenvalue weighted by Crippen LogP contribution is -2.51. The van der Waals surface area contributed by atoms with Crippen LogP contribution in [0.15, 0.2) is 24.3 Å². The summed E-state index contributed by atoms with van der Waals surface area (Å²) in [6.07, 6.45) is 4.99. The second-order valence-electron chi connectivity index (χ2n) is 6.27. The zero-order valence-corrected chi connectivity index (χ0v) is 12.4. The Morgan fingerprint density at radius 1 is 1.30 bits per heavy atom. The molecular weight excluding hydrogens is 248 g/mol. The predicted octanol–water partition coefficient (Wildman–Crippen LogP) is 2.16. The molecule has 3 N–H and O–H groups in total. The molecule has 1 saturated carbocycles. The summed E-state index contributed by atoms with van der Waals surface area (Å²) in [5, 5.41) is 18.2. The first kappa shape index (κ1) is 14.1. The summed E-state index contributed by atoms with van der Waals surface area (Å²) in [5.41, 5.74) is 2.13. The normalized spacial score (nSPS) is 33.7. The van der Waals surface area contributed by atoms with E-state index in [1.165, 1.54) is 11.1 Å². The highest BCUT2D eigenvalue weighted by atomic mass is 16.3. The Labute approximate surface area is 121 Å². The fourth-order valence-corrected chi connectivity index (χ4v) is 3.88. The van der Waals surface area contributed by atoms with Crippen LogP contribution in [-0.2, 0) is 6.42 Å². The van der Waals surface area contributed by atoms with Gasteiger partial charge in [-0.2, -0.15) is 0 Å². The van der Waals surface area contributed by atoms with Crippen LogP contribution in [0.5, 0.6) is 0 Å². The van der Waals surface area contributed by atoms with E-state index >= 15 is 0 Å². The van der Waals surface area contributed by atoms with Crippen LogP contribution < -0.4 is 10.6 Å². The van der Waals surface area contributed by atoms with Gasteiger partial charge in [0, 0.05) is 6.04 Å². The van der Waals surface area contributed by atoms with Gasteiger partial charge >= 0.3 is 0 Å². The number of hydrogen-bond donors (Lipinski definition) is 3. The maximum Gasteiger partial charge on any atom is 0.0842 e. The van der Waals surface area contributed by atoms with Crippen LogP contribution in [0.4, 0.5) is 0 Å². The standard InChI is InChI=1S/C17H26N2O/c1-2-18-14-7-10-17(20,11-8-14)16-15-6-4-3-5-13(15)9-12-19-16/h3-6,14,16,18-20H,2,7-12H2,1H3. The molecule has 0 spiro atoms. The van der Waals surface area contributed by atoms with Gasteiger partial charge in [0.05, 0.1) is 11.6 Å². The van der Waals surface area contributed by atoms with Gasteiger partial charge in [0.25, 0.3) is 0 Å². The van der Waals surface area contributed by atoms with Gasteiger partial charge in [-0.25, -0.2) is 0 Å². The Kier molecular flexibility index (Phi) is 4.11. The van der Waals surface area contributed by atoms with Crippen LogP contribution in [0.25, 0.3) is 0 Å². The van der Waals surface area contributed by atoms with Crippen molar-refractivity contribution in [1.82, 2.24) is 10.6 Å². The van der Waals surface area contributed by atoms with Crippen molar-refractivity contribution in [3.8, 4) is 0 Å². The van der Waals surface area contributed by atoms with E-state index in [9.17, 15) is 5.11 Å². The van der Waals surface area contributed by atoms with E-state index in [1.807, 2.05) is 0 Å². The number of aliphatic hydroxyl groups is 1. The Hall–Kier alpha value is -0.900. The van der Waals surface area contributed by atoms with E-state index in [1.54, 1.807) is 0 Å². The first-order valence-corrected chi connectivity index (χ1v) is 8.00. The zero-order valence-electron chi connectivity index (χ0n) is 12.4. The van der Waals surface area contributed by atoms with Crippen LogP contribution in [0.2, 0.25) is 0 Å². The highest BCUT2D eigenvalue weighted by Gasteiger charge is 2.42. The maximum absolute atomic E-state index is 11.1. The molecule has 1 aromatic rings. The molecule has 3 rings (SSSR count). The summed E-state index contributed by atoms with van der Waals surface area (Å²) in [6.45, 7) is 4.15. The van der Waals surface area contributed by atoms with Crippen molar-refractivity contribution in [2.75, 3.05) is 13.1 Å². The van der Waals surface area contributed by atoms with Crippen LogP contribution in [0.1, 0.15) is 49.8 Å². The smallest absolute Gasteiger partial charge is 0.0842 e. The van der Waals surface area contributed by atoms with Crippen molar-refractivity contribution in [2.45, 2.75) is 56.7 Å². The molecule has 3 heteroatoms. The van der Waals surface area contributed by atoms with Crippen molar-refractivity contribution in [2.24, 2.45) is 0 Å². The molecule has 1 fully saturated rings. The van der Waals surface area contributed by atoms with E-state index in [0.717, 1.165) is 45.2 Å². The first-order valence-electron chi connectivity index (χ1n) is 8.00. The second kappa shape index (κ2) is 5.84. The third-order valence-corrected chi connectivity index (χ3v) is 4.99. The Balaban J connectivity index is 1.77. The molecule has 0 saturated heterocycles. The second-order valence-corrected chi connectivity index (χ2v) is 6.27. The predicted molar refractivity (Wildman–Crippen MR) is 81.8 cm³/mol. The Morgan fingerprint density at radius 2 is 2.05 bits per heavy atom. The topological polar surface area (TPSA) is 44.3 Å². The summed E-state index contributed by atoms with van der Waals surface area (Å²) in [4.78, 5) is 0. The van der Waals surface area contributed by atoms with Crippen molar-refractivity contribution < 1.29 is 5.11 Å². The third-order valence-electron chi connectivity index (χ3n) is 4.99. The molecule has 3 nitrogen and oxygen atoms in total. The van der Waals surface area contributed by atoms with Gasteiger partial charge in [0.1, 0.15) is 0 Å². The lowest BCUT2D eigenvalue weighted by molar-refractivity contribution is -0.0392. The van der Waals surface area contributed by atoms with Crippen LogP contribution in [0, 0.1) is 0 Å². The minimum atomic E-state index is -0.581. The van der Waals surface area contributed by atoms with Crippen LogP contribution in [0.3, 0.4) is 0 Å². The fraction of sp³-hybridized carbons (Fsp3) is 0.647. The molecule has 1 aliphatic heterocycles. The van der Waals surface area contributed by atoms with Crippen LogP contribution in [-0.4, -0.2) is 29.8 Å². The van der Waals surface area contributed by atoms with Gasteiger partial charge < -0.3 is 15.7 Å². The number of benzene rings is 1. The quantitative estimate of drug-likeness (QED) is 0.791. The van der Waals surface area contributed by atoms with Crippen molar-refractivity contribution in [1.29, 1.82) is 0 Å². The maximum atomic E-state index is 11.1. The minimum Gasteiger partial charge on any atom is -0.388 e. The number of nitrogens with one attached hydrogen (secondary N) is 2. The van der Waals surface area contributed by atoms with Crippen molar-refractivity contribution >= 4 is 0 Å². The van der Waals surface area contributed by atoms with Gasteiger partial charge in [-0.15, -0.1) is 0 Å². The molecule has 2 aliphatic rings. The van der Waals surface area contributed by atoms with Gasteiger partial charge in [-0.3, -0.25) is 0 Å². The van der Waals surface area contributed by atoms with E-state index in [2.05, 4.69) is 41.8 Å². The molecule has 1 atom stereocenters. The fourth-order valence-electron chi connectivity index (χ4n) is 3.88. The molecular formula is C17H26N2O. The molecule has 1 unspecified atom stereocenters. The summed E-state index contributed by atoms with van der Waals surface area (Å²) in [6, 6.07) is 9.27. The molecule has 110 valence electrons. The van der Waals surface area contributed by atoms with E-state index in [-0.39, 0.29) is 6.04 Å². The highest BCUT2D eigenvalue weighted by Crippen LogP contribution is 2.40. The molecule has 1 aromatic carbocycles. The average Bonchev–Trinajstić information content (AvgIpc) is 2.49. The molecule has 20 heavy (non-hydrogen) atoms. The summed E-state index contributed by atoms with van der Waals surface area (Å²) < 4.78 is 0. The lowest BCUT2D eigenvalue weighted by Gasteiger charge is -2.44. The van der Waals surface area contributed by atoms with E-state index < -0.39 is 5.60 Å². The van der Waals surface area contributed by atoms with E-state index in [4.69, 9.17) is 0 Å². The highest BCUT2D eigenvalue weighted by molar-refractivity contribution is 5.34. The van der Waals surface area contributed by atoms with Crippen molar-refractivity contribution in [3.05, 3.63) is 35.4 Å². The SMILES string of the molecule is CCNC1CCC(O)(C2NCCc3ccccc32)CC1. The van der Waals surface area contributed by atoms with E-state index in [0.29, 0.717) is 6.04 Å². The molecule has 0 amide bonds. The molecule has 0 radical (unpaired) electrons. The Morgan fingerprint density at radius 3 is 2.80 bits per heavy atom. The summed E-state index contributed by atoms with van der Waals surface area (Å²) in [7, 11) is 0. The summed E-state index contributed by atoms with van der Waals surface area (Å²) >= 11 is 0. The first-order chi connectivity index (χ1) is 9.73. The summed E-state index contributed by atoms with van der Waals surface area (Å²) in [5.74, 6) is 0. The van der Waals surface area contributed by atoms with Gasteiger partial charge in [-0.1, -0.05) is 31.2 Å². The molecule has 1 aliphatic carbocycles. The number of rotatable bonds is 3. The Bertz CT molecular complexity index is 452. The minimum absolute atomic E-state index is 0.107. The van der Waals surface area contributed by atoms with Gasteiger partial charge in [0.2, 0.25) is 0 Å². The largest absolute Gasteiger partial charge is 0.388 e. The van der Waals surface area contributed by atoms with Crippen LogP contribution >= 0.6 is 0 Å². The number of fused-ring (bicyclic) bond motifs is 1. The number of hydrogen-bond acceptors (Lipinski definition) is 3. The molecule has 0 bridgehead atoms. The third kappa shape index (κ3) is 2.62. The van der Waals surface area contributed by atoms with Crippen molar-refractivity contribution in [3.63, 3.8) is 0 Å². The lowest BCUT2D eigenvalue weighted by atomic mass is 9.73.